The molecule has 0 N–H and O–H groups in total. The summed E-state index contributed by atoms with van der Waals surface area (Å²) in [4.78, 5) is 19.8. The first kappa shape index (κ1) is 22.7. The Morgan fingerprint density at radius 2 is 1.69 bits per heavy atom. The molecule has 1 aromatic heterocycles. The Kier molecular flexibility index (Phi) is 6.00. The molecule has 0 aliphatic carbocycles. The van der Waals surface area contributed by atoms with Crippen LogP contribution in [-0.4, -0.2) is 25.0 Å². The lowest BCUT2D eigenvalue weighted by atomic mass is 9.90. The van der Waals surface area contributed by atoms with Crippen LogP contribution in [0.15, 0.2) is 72.8 Å². The zero-order valence-corrected chi connectivity index (χ0v) is 20.4. The van der Waals surface area contributed by atoms with Gasteiger partial charge in [-0.3, -0.25) is 4.79 Å². The number of aromatic nitrogens is 1. The summed E-state index contributed by atoms with van der Waals surface area (Å²) < 4.78 is 10.8. The Morgan fingerprint density at radius 1 is 0.943 bits per heavy atom. The van der Waals surface area contributed by atoms with E-state index in [4.69, 9.17) is 14.5 Å². The van der Waals surface area contributed by atoms with Crippen molar-refractivity contribution in [1.82, 2.24) is 4.98 Å². The Labute approximate surface area is 205 Å². The summed E-state index contributed by atoms with van der Waals surface area (Å²) in [5, 5.41) is 0.985. The first-order valence-electron chi connectivity index (χ1n) is 11.7. The van der Waals surface area contributed by atoms with Crippen LogP contribution in [0.1, 0.15) is 41.8 Å². The van der Waals surface area contributed by atoms with E-state index < -0.39 is 0 Å². The Hall–Kier alpha value is -4.12. The molecular weight excluding hydrogens is 436 g/mol. The molecule has 5 heteroatoms. The highest BCUT2D eigenvalue weighted by molar-refractivity contribution is 5.96. The SMILES string of the molecule is COc1ccc(N2C(c3cccc(C)c3)=Cc3nc4ccc(OC)cc4cc3C2CC(C)=O)cc1. The van der Waals surface area contributed by atoms with Crippen molar-refractivity contribution in [3.05, 3.63) is 95.2 Å². The van der Waals surface area contributed by atoms with Crippen LogP contribution in [0, 0.1) is 6.92 Å². The number of aryl methyl sites for hydroxylation is 1. The van der Waals surface area contributed by atoms with Crippen molar-refractivity contribution in [3.8, 4) is 11.5 Å². The number of ketones is 1. The van der Waals surface area contributed by atoms with E-state index in [-0.39, 0.29) is 11.8 Å². The number of nitrogens with zero attached hydrogens (tertiary/aromatic N) is 2. The molecule has 2 heterocycles. The molecule has 0 bridgehead atoms. The second-order valence-corrected chi connectivity index (χ2v) is 8.91. The molecule has 3 aromatic carbocycles. The van der Waals surface area contributed by atoms with Gasteiger partial charge in [0.05, 0.1) is 37.2 Å². The molecule has 5 nitrogen and oxygen atoms in total. The van der Waals surface area contributed by atoms with Crippen molar-refractivity contribution in [2.75, 3.05) is 19.1 Å². The Morgan fingerprint density at radius 3 is 2.37 bits per heavy atom. The van der Waals surface area contributed by atoms with Crippen molar-refractivity contribution in [1.29, 1.82) is 0 Å². The molecule has 1 aliphatic rings. The number of methoxy groups -OCH3 is 2. The average Bonchev–Trinajstić information content (AvgIpc) is 2.87. The number of carbonyl (C=O) groups excluding carboxylic acids is 1. The molecule has 5 rings (SSSR count). The predicted molar refractivity (Wildman–Crippen MR) is 141 cm³/mol. The van der Waals surface area contributed by atoms with E-state index in [9.17, 15) is 4.79 Å². The van der Waals surface area contributed by atoms with Gasteiger partial charge in [-0.25, -0.2) is 4.98 Å². The van der Waals surface area contributed by atoms with Crippen molar-refractivity contribution in [3.63, 3.8) is 0 Å². The summed E-state index contributed by atoms with van der Waals surface area (Å²) in [6.07, 6.45) is 2.49. The fraction of sp³-hybridized carbons (Fsp3) is 0.200. The second-order valence-electron chi connectivity index (χ2n) is 8.91. The first-order valence-corrected chi connectivity index (χ1v) is 11.7. The monoisotopic (exact) mass is 464 g/mol. The van der Waals surface area contributed by atoms with Gasteiger partial charge in [0.15, 0.2) is 0 Å². The smallest absolute Gasteiger partial charge is 0.132 e. The van der Waals surface area contributed by atoms with Crippen molar-refractivity contribution in [2.45, 2.75) is 26.3 Å². The van der Waals surface area contributed by atoms with E-state index in [1.165, 1.54) is 5.56 Å². The van der Waals surface area contributed by atoms with Crippen LogP contribution >= 0.6 is 0 Å². The lowest BCUT2D eigenvalue weighted by molar-refractivity contribution is -0.117. The Balaban J connectivity index is 1.77. The standard InChI is InChI=1S/C30H28N2O3/c1-19-6-5-7-21(14-19)29-18-28-26(17-22-16-25(35-4)12-13-27(22)31-28)30(15-20(2)33)32(29)23-8-10-24(34-3)11-9-23/h5-14,16-18,30H,15H2,1-4H3. The molecule has 1 aliphatic heterocycles. The second kappa shape index (κ2) is 9.26. The van der Waals surface area contributed by atoms with Crippen LogP contribution in [0.4, 0.5) is 5.69 Å². The van der Waals surface area contributed by atoms with E-state index in [0.717, 1.165) is 50.6 Å². The van der Waals surface area contributed by atoms with Crippen molar-refractivity contribution >= 4 is 34.1 Å². The normalized spacial score (nSPS) is 14.9. The highest BCUT2D eigenvalue weighted by atomic mass is 16.5. The van der Waals surface area contributed by atoms with E-state index >= 15 is 0 Å². The number of pyridine rings is 1. The minimum atomic E-state index is -0.209. The van der Waals surface area contributed by atoms with Crippen molar-refractivity contribution in [2.24, 2.45) is 0 Å². The van der Waals surface area contributed by atoms with Gasteiger partial charge in [0.2, 0.25) is 0 Å². The number of Topliss-reactive ketones (excluding diaryl/α,β-unsaturated/α-hetero) is 1. The van der Waals surface area contributed by atoms with Gasteiger partial charge in [0.1, 0.15) is 17.3 Å². The molecule has 0 spiro atoms. The Bertz CT molecular complexity index is 1440. The number of ether oxygens (including phenoxy) is 2. The maximum atomic E-state index is 12.6. The third-order valence-corrected chi connectivity index (χ3v) is 6.43. The number of anilines is 1. The van der Waals surface area contributed by atoms with Gasteiger partial charge >= 0.3 is 0 Å². The number of hydrogen-bond acceptors (Lipinski definition) is 5. The maximum Gasteiger partial charge on any atom is 0.132 e. The first-order chi connectivity index (χ1) is 17.0. The molecule has 0 saturated heterocycles. The number of hydrogen-bond donors (Lipinski definition) is 0. The van der Waals surface area contributed by atoms with Gasteiger partial charge in [-0.05, 0) is 80.1 Å². The summed E-state index contributed by atoms with van der Waals surface area (Å²) in [5.41, 5.74) is 7.05. The molecule has 0 fully saturated rings. The molecule has 4 aromatic rings. The highest BCUT2D eigenvalue weighted by Gasteiger charge is 2.32. The molecule has 1 atom stereocenters. The lowest BCUT2D eigenvalue weighted by Gasteiger charge is -2.39. The fourth-order valence-corrected chi connectivity index (χ4v) is 4.76. The van der Waals surface area contributed by atoms with Crippen LogP contribution in [0.3, 0.4) is 0 Å². The van der Waals surface area contributed by atoms with Crippen LogP contribution in [0.25, 0.3) is 22.7 Å². The topological polar surface area (TPSA) is 51.7 Å². The van der Waals surface area contributed by atoms with Gasteiger partial charge in [-0.2, -0.15) is 0 Å². The number of carbonyl (C=O) groups is 1. The third-order valence-electron chi connectivity index (χ3n) is 6.43. The summed E-state index contributed by atoms with van der Waals surface area (Å²) in [7, 11) is 3.32. The highest BCUT2D eigenvalue weighted by Crippen LogP contribution is 2.44. The maximum absolute atomic E-state index is 12.6. The van der Waals surface area contributed by atoms with E-state index in [0.29, 0.717) is 6.42 Å². The molecule has 1 unspecified atom stereocenters. The minimum absolute atomic E-state index is 0.121. The summed E-state index contributed by atoms with van der Waals surface area (Å²) in [6, 6.07) is 24.2. The third kappa shape index (κ3) is 4.37. The van der Waals surface area contributed by atoms with E-state index in [1.54, 1.807) is 21.1 Å². The molecule has 0 saturated carbocycles. The number of rotatable bonds is 6. The molecule has 176 valence electrons. The predicted octanol–water partition coefficient (Wildman–Crippen LogP) is 6.60. The molecular formula is C30H28N2O3. The molecule has 0 radical (unpaired) electrons. The number of benzene rings is 3. The van der Waals surface area contributed by atoms with E-state index in [2.05, 4.69) is 48.2 Å². The quantitative estimate of drug-likeness (QED) is 0.322. The zero-order valence-electron chi connectivity index (χ0n) is 20.4. The summed E-state index contributed by atoms with van der Waals surface area (Å²) in [6.45, 7) is 3.73. The summed E-state index contributed by atoms with van der Waals surface area (Å²) >= 11 is 0. The summed E-state index contributed by atoms with van der Waals surface area (Å²) in [5.74, 6) is 1.69. The number of fused-ring (bicyclic) bond motifs is 2. The lowest BCUT2D eigenvalue weighted by Crippen LogP contribution is -2.32. The van der Waals surface area contributed by atoms with Gasteiger partial charge in [-0.1, -0.05) is 23.8 Å². The average molecular weight is 465 g/mol. The van der Waals surface area contributed by atoms with Crippen LogP contribution in [0.2, 0.25) is 0 Å². The molecule has 35 heavy (non-hydrogen) atoms. The zero-order chi connectivity index (χ0) is 24.5. The van der Waals surface area contributed by atoms with Crippen LogP contribution in [-0.2, 0) is 4.79 Å². The van der Waals surface area contributed by atoms with Crippen molar-refractivity contribution < 1.29 is 14.3 Å². The van der Waals surface area contributed by atoms with Gasteiger partial charge < -0.3 is 14.4 Å². The van der Waals surface area contributed by atoms with Gasteiger partial charge in [0.25, 0.3) is 0 Å². The minimum Gasteiger partial charge on any atom is -0.497 e. The van der Waals surface area contributed by atoms with Crippen LogP contribution in [0.5, 0.6) is 11.5 Å². The largest absolute Gasteiger partial charge is 0.497 e. The van der Waals surface area contributed by atoms with Gasteiger partial charge in [0, 0.05) is 23.1 Å². The fourth-order valence-electron chi connectivity index (χ4n) is 4.76. The van der Waals surface area contributed by atoms with Gasteiger partial charge in [-0.15, -0.1) is 0 Å². The van der Waals surface area contributed by atoms with Crippen LogP contribution < -0.4 is 14.4 Å². The molecule has 0 amide bonds. The van der Waals surface area contributed by atoms with E-state index in [1.807, 2.05) is 42.5 Å².